The second-order valence-electron chi connectivity index (χ2n) is 3.51. The van der Waals surface area contributed by atoms with E-state index in [2.05, 4.69) is 25.0 Å². The number of hydrogen-bond acceptors (Lipinski definition) is 7. The van der Waals surface area contributed by atoms with Gasteiger partial charge < -0.3 is 10.1 Å². The first-order valence-corrected chi connectivity index (χ1v) is 5.94. The van der Waals surface area contributed by atoms with Gasteiger partial charge in [-0.3, -0.25) is 0 Å². The molecule has 1 N–H and O–H groups in total. The van der Waals surface area contributed by atoms with Crippen molar-refractivity contribution in [2.24, 2.45) is 0 Å². The van der Waals surface area contributed by atoms with Crippen LogP contribution in [0.15, 0.2) is 34.7 Å². The number of rotatable bonds is 1. The molecule has 0 radical (unpaired) electrons. The lowest BCUT2D eigenvalue weighted by Gasteiger charge is -2.17. The summed E-state index contributed by atoms with van der Waals surface area (Å²) in [5, 5.41) is 4.62. The zero-order valence-electron chi connectivity index (χ0n) is 9.38. The van der Waals surface area contributed by atoms with Crippen molar-refractivity contribution in [2.75, 3.05) is 12.4 Å². The monoisotopic (exact) mass is 260 g/mol. The fourth-order valence-corrected chi connectivity index (χ4v) is 2.38. The fourth-order valence-electron chi connectivity index (χ4n) is 1.56. The van der Waals surface area contributed by atoms with Crippen molar-refractivity contribution in [3.05, 3.63) is 30.2 Å². The zero-order valence-corrected chi connectivity index (χ0v) is 10.2. The van der Waals surface area contributed by atoms with Gasteiger partial charge >= 0.3 is 5.97 Å². The van der Waals surface area contributed by atoms with Crippen molar-refractivity contribution in [3.63, 3.8) is 0 Å². The summed E-state index contributed by atoms with van der Waals surface area (Å²) >= 11 is 1.41. The standard InChI is InChI=1S/C11H8N4O2S/c1-17-11(16)6-4-7-9(14-5-6)18-10-8(15-7)12-2-3-13-10/h2-5H,1H3,(H,12,15). The van der Waals surface area contributed by atoms with Crippen LogP contribution in [0, 0.1) is 0 Å². The molecule has 0 atom stereocenters. The molecule has 2 aromatic rings. The van der Waals surface area contributed by atoms with Crippen molar-refractivity contribution >= 4 is 29.2 Å². The number of pyridine rings is 1. The summed E-state index contributed by atoms with van der Waals surface area (Å²) in [6.07, 6.45) is 4.72. The van der Waals surface area contributed by atoms with Crippen LogP contribution in [0.25, 0.3) is 0 Å². The number of aromatic nitrogens is 3. The summed E-state index contributed by atoms with van der Waals surface area (Å²) in [6.45, 7) is 0. The molecule has 1 aliphatic rings. The highest BCUT2D eigenvalue weighted by Gasteiger charge is 2.20. The second-order valence-corrected chi connectivity index (χ2v) is 4.48. The van der Waals surface area contributed by atoms with Gasteiger partial charge in [0.1, 0.15) is 10.1 Å². The maximum atomic E-state index is 11.4. The number of ether oxygens (including phenoxy) is 1. The third-order valence-electron chi connectivity index (χ3n) is 2.38. The van der Waals surface area contributed by atoms with Gasteiger partial charge in [0.25, 0.3) is 0 Å². The van der Waals surface area contributed by atoms with E-state index in [1.165, 1.54) is 25.1 Å². The van der Waals surface area contributed by atoms with Gasteiger partial charge in [0, 0.05) is 18.6 Å². The molecule has 7 heteroatoms. The average molecular weight is 260 g/mol. The van der Waals surface area contributed by atoms with Crippen LogP contribution in [0.5, 0.6) is 0 Å². The van der Waals surface area contributed by atoms with E-state index in [1.54, 1.807) is 18.5 Å². The van der Waals surface area contributed by atoms with Gasteiger partial charge in [0.05, 0.1) is 18.4 Å². The smallest absolute Gasteiger partial charge is 0.339 e. The number of methoxy groups -OCH3 is 1. The zero-order chi connectivity index (χ0) is 12.5. The van der Waals surface area contributed by atoms with E-state index in [-0.39, 0.29) is 0 Å². The maximum absolute atomic E-state index is 11.4. The Bertz CT molecular complexity index is 632. The molecule has 0 unspecified atom stereocenters. The number of carbonyl (C=O) groups excluding carboxylic acids is 1. The quantitative estimate of drug-likeness (QED) is 0.669. The van der Waals surface area contributed by atoms with E-state index >= 15 is 0 Å². The summed E-state index contributed by atoms with van der Waals surface area (Å²) in [5.74, 6) is 0.251. The third-order valence-corrected chi connectivity index (χ3v) is 3.39. The molecule has 3 heterocycles. The molecule has 18 heavy (non-hydrogen) atoms. The van der Waals surface area contributed by atoms with E-state index in [4.69, 9.17) is 0 Å². The Morgan fingerprint density at radius 3 is 2.94 bits per heavy atom. The molecule has 0 saturated carbocycles. The number of hydrogen-bond donors (Lipinski definition) is 1. The second kappa shape index (κ2) is 4.26. The normalized spacial score (nSPS) is 12.1. The summed E-state index contributed by atoms with van der Waals surface area (Å²) in [5.41, 5.74) is 1.13. The van der Waals surface area contributed by atoms with Crippen LogP contribution in [0.3, 0.4) is 0 Å². The van der Waals surface area contributed by atoms with Crippen LogP contribution >= 0.6 is 11.8 Å². The number of fused-ring (bicyclic) bond motifs is 2. The van der Waals surface area contributed by atoms with Crippen LogP contribution in [0.2, 0.25) is 0 Å². The Morgan fingerprint density at radius 2 is 2.11 bits per heavy atom. The predicted octanol–water partition coefficient (Wildman–Crippen LogP) is 1.87. The van der Waals surface area contributed by atoms with Crippen molar-refractivity contribution in [1.82, 2.24) is 15.0 Å². The molecule has 0 fully saturated rings. The molecular formula is C11H8N4O2S. The Labute approximate surface area is 107 Å². The lowest BCUT2D eigenvalue weighted by Crippen LogP contribution is -2.08. The molecule has 0 amide bonds. The molecule has 3 rings (SSSR count). The number of nitrogens with one attached hydrogen (secondary N) is 1. The highest BCUT2D eigenvalue weighted by Crippen LogP contribution is 2.40. The van der Waals surface area contributed by atoms with Crippen molar-refractivity contribution in [2.45, 2.75) is 10.1 Å². The van der Waals surface area contributed by atoms with Gasteiger partial charge in [-0.1, -0.05) is 0 Å². The fraction of sp³-hybridized carbons (Fsp3) is 0.0909. The molecule has 6 nitrogen and oxygen atoms in total. The van der Waals surface area contributed by atoms with E-state index in [9.17, 15) is 4.79 Å². The first-order valence-electron chi connectivity index (χ1n) is 5.12. The molecule has 0 aliphatic carbocycles. The van der Waals surface area contributed by atoms with Crippen LogP contribution < -0.4 is 5.32 Å². The van der Waals surface area contributed by atoms with Crippen molar-refractivity contribution < 1.29 is 9.53 Å². The topological polar surface area (TPSA) is 77.0 Å². The van der Waals surface area contributed by atoms with Crippen LogP contribution in [-0.2, 0) is 4.74 Å². The first-order chi connectivity index (χ1) is 8.78. The Hall–Kier alpha value is -2.15. The van der Waals surface area contributed by atoms with E-state index in [1.807, 2.05) is 0 Å². The molecule has 1 aliphatic heterocycles. The third kappa shape index (κ3) is 1.78. The molecule has 0 bridgehead atoms. The first kappa shape index (κ1) is 11.0. The largest absolute Gasteiger partial charge is 0.465 e. The lowest BCUT2D eigenvalue weighted by molar-refractivity contribution is 0.0600. The van der Waals surface area contributed by atoms with Crippen LogP contribution in [-0.4, -0.2) is 28.0 Å². The van der Waals surface area contributed by atoms with Gasteiger partial charge in [-0.2, -0.15) is 0 Å². The molecule has 90 valence electrons. The number of esters is 1. The lowest BCUT2D eigenvalue weighted by atomic mass is 10.2. The summed E-state index contributed by atoms with van der Waals surface area (Å²) in [4.78, 5) is 24.0. The Balaban J connectivity index is 2.01. The van der Waals surface area contributed by atoms with E-state index in [0.29, 0.717) is 11.4 Å². The number of anilines is 2. The summed E-state index contributed by atoms with van der Waals surface area (Å²) in [7, 11) is 1.34. The minimum Gasteiger partial charge on any atom is -0.465 e. The minimum atomic E-state index is -0.415. The van der Waals surface area contributed by atoms with Crippen LogP contribution in [0.1, 0.15) is 10.4 Å². The SMILES string of the molecule is COC(=O)c1cnc2c(c1)Nc1nccnc1S2. The molecule has 0 saturated heterocycles. The van der Waals surface area contributed by atoms with Crippen molar-refractivity contribution in [3.8, 4) is 0 Å². The average Bonchev–Trinajstić information content (AvgIpc) is 2.43. The minimum absolute atomic E-state index is 0.400. The van der Waals surface area contributed by atoms with Gasteiger partial charge in [-0.25, -0.2) is 19.7 Å². The summed E-state index contributed by atoms with van der Waals surface area (Å²) in [6, 6.07) is 1.69. The Kier molecular flexibility index (Phi) is 2.60. The maximum Gasteiger partial charge on any atom is 0.339 e. The van der Waals surface area contributed by atoms with E-state index in [0.717, 1.165) is 15.7 Å². The van der Waals surface area contributed by atoms with Crippen LogP contribution in [0.4, 0.5) is 11.5 Å². The highest BCUT2D eigenvalue weighted by atomic mass is 32.2. The molecule has 2 aromatic heterocycles. The van der Waals surface area contributed by atoms with Gasteiger partial charge in [-0.05, 0) is 17.8 Å². The van der Waals surface area contributed by atoms with Gasteiger partial charge in [-0.15, -0.1) is 0 Å². The van der Waals surface area contributed by atoms with E-state index < -0.39 is 5.97 Å². The molecular weight excluding hydrogens is 252 g/mol. The molecule has 0 aromatic carbocycles. The molecule has 0 spiro atoms. The Morgan fingerprint density at radius 1 is 1.28 bits per heavy atom. The van der Waals surface area contributed by atoms with Gasteiger partial charge in [0.15, 0.2) is 5.82 Å². The summed E-state index contributed by atoms with van der Waals surface area (Å²) < 4.78 is 4.66. The van der Waals surface area contributed by atoms with Gasteiger partial charge in [0.2, 0.25) is 0 Å². The number of carbonyl (C=O) groups is 1. The highest BCUT2D eigenvalue weighted by molar-refractivity contribution is 7.99. The van der Waals surface area contributed by atoms with Crippen molar-refractivity contribution in [1.29, 1.82) is 0 Å². The number of nitrogens with zero attached hydrogens (tertiary/aromatic N) is 3. The predicted molar refractivity (Wildman–Crippen MR) is 65.0 cm³/mol.